The highest BCUT2D eigenvalue weighted by atomic mass is 32.1. The first kappa shape index (κ1) is 16.9. The molecule has 0 saturated carbocycles. The Morgan fingerprint density at radius 3 is 2.50 bits per heavy atom. The van der Waals surface area contributed by atoms with Gasteiger partial charge >= 0.3 is 0 Å². The van der Waals surface area contributed by atoms with Crippen LogP contribution < -0.4 is 4.90 Å². The SMILES string of the molecule is CN1CCC(=O)N(c2nc(-c3ccncc3)c(-c3ccccc3)s2)CC1. The second-order valence-electron chi connectivity index (χ2n) is 6.37. The van der Waals surface area contributed by atoms with E-state index in [9.17, 15) is 4.79 Å². The molecule has 1 aliphatic heterocycles. The summed E-state index contributed by atoms with van der Waals surface area (Å²) in [6.45, 7) is 2.33. The molecule has 1 saturated heterocycles. The second-order valence-corrected chi connectivity index (χ2v) is 7.35. The van der Waals surface area contributed by atoms with Gasteiger partial charge in [-0.2, -0.15) is 0 Å². The topological polar surface area (TPSA) is 49.3 Å². The third-order valence-electron chi connectivity index (χ3n) is 4.55. The molecule has 0 bridgehead atoms. The molecule has 3 heterocycles. The number of nitrogens with zero attached hydrogens (tertiary/aromatic N) is 4. The van der Waals surface area contributed by atoms with Crippen LogP contribution in [-0.2, 0) is 4.79 Å². The number of hydrogen-bond acceptors (Lipinski definition) is 5. The van der Waals surface area contributed by atoms with Crippen LogP contribution in [0.2, 0.25) is 0 Å². The van der Waals surface area contributed by atoms with Crippen molar-refractivity contribution >= 4 is 22.4 Å². The fraction of sp³-hybridized carbons (Fsp3) is 0.250. The predicted molar refractivity (Wildman–Crippen MR) is 105 cm³/mol. The molecule has 2 aromatic heterocycles. The molecule has 3 aromatic rings. The molecule has 5 nitrogen and oxygen atoms in total. The molecule has 0 aliphatic carbocycles. The number of thiazole rings is 1. The quantitative estimate of drug-likeness (QED) is 0.713. The van der Waals surface area contributed by atoms with E-state index in [-0.39, 0.29) is 5.91 Å². The average molecular weight is 364 g/mol. The highest BCUT2D eigenvalue weighted by Crippen LogP contribution is 2.40. The maximum absolute atomic E-state index is 12.6. The van der Waals surface area contributed by atoms with Crippen LogP contribution in [0.5, 0.6) is 0 Å². The average Bonchev–Trinajstić information content (AvgIpc) is 3.05. The number of benzene rings is 1. The maximum atomic E-state index is 12.6. The Balaban J connectivity index is 1.80. The number of hydrogen-bond donors (Lipinski definition) is 0. The molecule has 0 N–H and O–H groups in total. The lowest BCUT2D eigenvalue weighted by atomic mass is 10.1. The van der Waals surface area contributed by atoms with Gasteiger partial charge in [-0.25, -0.2) is 4.98 Å². The van der Waals surface area contributed by atoms with Crippen molar-refractivity contribution in [2.45, 2.75) is 6.42 Å². The van der Waals surface area contributed by atoms with E-state index in [1.807, 2.05) is 35.2 Å². The molecule has 4 rings (SSSR count). The van der Waals surface area contributed by atoms with Crippen molar-refractivity contribution in [1.29, 1.82) is 0 Å². The van der Waals surface area contributed by atoms with Gasteiger partial charge in [0.15, 0.2) is 5.13 Å². The summed E-state index contributed by atoms with van der Waals surface area (Å²) in [5.41, 5.74) is 3.03. The van der Waals surface area contributed by atoms with Gasteiger partial charge < -0.3 is 4.90 Å². The summed E-state index contributed by atoms with van der Waals surface area (Å²) in [7, 11) is 2.05. The fourth-order valence-corrected chi connectivity index (χ4v) is 4.18. The van der Waals surface area contributed by atoms with Crippen LogP contribution in [0.25, 0.3) is 21.7 Å². The second kappa shape index (κ2) is 7.35. The highest BCUT2D eigenvalue weighted by molar-refractivity contribution is 7.19. The maximum Gasteiger partial charge on any atom is 0.230 e. The van der Waals surface area contributed by atoms with E-state index < -0.39 is 0 Å². The van der Waals surface area contributed by atoms with Crippen LogP contribution in [0.4, 0.5) is 5.13 Å². The van der Waals surface area contributed by atoms with Crippen LogP contribution in [0.3, 0.4) is 0 Å². The van der Waals surface area contributed by atoms with E-state index in [1.54, 1.807) is 23.7 Å². The molecular weight excluding hydrogens is 344 g/mol. The molecule has 0 radical (unpaired) electrons. The van der Waals surface area contributed by atoms with Gasteiger partial charge in [-0.1, -0.05) is 41.7 Å². The summed E-state index contributed by atoms with van der Waals surface area (Å²) in [5, 5.41) is 0.774. The minimum Gasteiger partial charge on any atom is -0.304 e. The molecule has 132 valence electrons. The lowest BCUT2D eigenvalue weighted by molar-refractivity contribution is -0.118. The molecule has 1 aromatic carbocycles. The Labute approximate surface area is 156 Å². The van der Waals surface area contributed by atoms with E-state index in [0.717, 1.165) is 39.9 Å². The predicted octanol–water partition coefficient (Wildman–Crippen LogP) is 3.54. The lowest BCUT2D eigenvalue weighted by Crippen LogP contribution is -2.32. The molecule has 0 unspecified atom stereocenters. The van der Waals surface area contributed by atoms with Crippen molar-refractivity contribution in [3.8, 4) is 21.7 Å². The first-order chi connectivity index (χ1) is 12.7. The number of likely N-dealkylation sites (N-methyl/N-ethyl adjacent to an activating group) is 1. The van der Waals surface area contributed by atoms with Gasteiger partial charge in [-0.15, -0.1) is 0 Å². The van der Waals surface area contributed by atoms with Crippen molar-refractivity contribution in [1.82, 2.24) is 14.9 Å². The van der Waals surface area contributed by atoms with Crippen molar-refractivity contribution in [3.63, 3.8) is 0 Å². The summed E-state index contributed by atoms with van der Waals surface area (Å²) in [4.78, 5) is 26.7. The van der Waals surface area contributed by atoms with Gasteiger partial charge in [0.1, 0.15) is 0 Å². The largest absolute Gasteiger partial charge is 0.304 e. The van der Waals surface area contributed by atoms with Crippen LogP contribution >= 0.6 is 11.3 Å². The summed E-state index contributed by atoms with van der Waals surface area (Å²) < 4.78 is 0. The van der Waals surface area contributed by atoms with E-state index in [4.69, 9.17) is 4.98 Å². The zero-order chi connectivity index (χ0) is 17.9. The van der Waals surface area contributed by atoms with E-state index in [2.05, 4.69) is 29.1 Å². The van der Waals surface area contributed by atoms with Crippen LogP contribution in [0.15, 0.2) is 54.9 Å². The van der Waals surface area contributed by atoms with Crippen molar-refractivity contribution in [3.05, 3.63) is 54.9 Å². The number of amides is 1. The number of anilines is 1. The summed E-state index contributed by atoms with van der Waals surface area (Å²) in [5.74, 6) is 0.143. The number of aromatic nitrogens is 2. The molecular formula is C20H20N4OS. The number of carbonyl (C=O) groups excluding carboxylic acids is 1. The zero-order valence-electron chi connectivity index (χ0n) is 14.6. The van der Waals surface area contributed by atoms with Gasteiger partial charge in [0.25, 0.3) is 0 Å². The molecule has 6 heteroatoms. The Hall–Kier alpha value is -2.57. The minimum atomic E-state index is 0.143. The van der Waals surface area contributed by atoms with Gasteiger partial charge in [0, 0.05) is 44.0 Å². The zero-order valence-corrected chi connectivity index (χ0v) is 15.4. The molecule has 1 aliphatic rings. The number of pyridine rings is 1. The van der Waals surface area contributed by atoms with E-state index >= 15 is 0 Å². The van der Waals surface area contributed by atoms with Crippen LogP contribution in [0, 0.1) is 0 Å². The van der Waals surface area contributed by atoms with Gasteiger partial charge in [-0.3, -0.25) is 14.7 Å². The molecule has 1 fully saturated rings. The summed E-state index contributed by atoms with van der Waals surface area (Å²) >= 11 is 1.58. The Kier molecular flexibility index (Phi) is 4.77. The standard InChI is InChI=1S/C20H20N4OS/c1-23-12-9-17(25)24(14-13-23)20-22-18(15-7-10-21-11-8-15)19(26-20)16-5-3-2-4-6-16/h2-8,10-11H,9,12-14H2,1H3. The van der Waals surface area contributed by atoms with Crippen molar-refractivity contribution in [2.75, 3.05) is 31.6 Å². The highest BCUT2D eigenvalue weighted by Gasteiger charge is 2.25. The Morgan fingerprint density at radius 2 is 1.73 bits per heavy atom. The first-order valence-electron chi connectivity index (χ1n) is 8.68. The fourth-order valence-electron chi connectivity index (χ4n) is 3.05. The van der Waals surface area contributed by atoms with Crippen LogP contribution in [-0.4, -0.2) is 47.5 Å². The third kappa shape index (κ3) is 3.38. The minimum absolute atomic E-state index is 0.143. The van der Waals surface area contributed by atoms with E-state index in [0.29, 0.717) is 13.0 Å². The molecule has 1 amide bonds. The van der Waals surface area contributed by atoms with Gasteiger partial charge in [0.2, 0.25) is 5.91 Å². The third-order valence-corrected chi connectivity index (χ3v) is 5.68. The Bertz CT molecular complexity index is 838. The number of rotatable bonds is 3. The van der Waals surface area contributed by atoms with Crippen molar-refractivity contribution < 1.29 is 4.79 Å². The summed E-state index contributed by atoms with van der Waals surface area (Å²) in [6, 6.07) is 14.1. The van der Waals surface area contributed by atoms with Gasteiger partial charge in [-0.05, 0) is 24.7 Å². The molecule has 0 spiro atoms. The first-order valence-corrected chi connectivity index (χ1v) is 9.49. The van der Waals surface area contributed by atoms with Gasteiger partial charge in [0.05, 0.1) is 10.6 Å². The lowest BCUT2D eigenvalue weighted by Gasteiger charge is -2.17. The number of carbonyl (C=O) groups is 1. The summed E-state index contributed by atoms with van der Waals surface area (Å²) in [6.07, 6.45) is 4.08. The molecule has 26 heavy (non-hydrogen) atoms. The van der Waals surface area contributed by atoms with Crippen molar-refractivity contribution in [2.24, 2.45) is 0 Å². The Morgan fingerprint density at radius 1 is 0.962 bits per heavy atom. The molecule has 0 atom stereocenters. The smallest absolute Gasteiger partial charge is 0.230 e. The normalized spacial score (nSPS) is 15.9. The van der Waals surface area contributed by atoms with E-state index in [1.165, 1.54) is 0 Å². The van der Waals surface area contributed by atoms with Crippen LogP contribution in [0.1, 0.15) is 6.42 Å². The monoisotopic (exact) mass is 364 g/mol.